The Kier molecular flexibility index (Phi) is 2.93. The van der Waals surface area contributed by atoms with Gasteiger partial charge in [0, 0.05) is 12.4 Å². The van der Waals surface area contributed by atoms with Crippen molar-refractivity contribution >= 4 is 0 Å². The van der Waals surface area contributed by atoms with Crippen molar-refractivity contribution in [3.63, 3.8) is 0 Å². The molecule has 0 aliphatic carbocycles. The summed E-state index contributed by atoms with van der Waals surface area (Å²) in [7, 11) is 0. The van der Waals surface area contributed by atoms with Gasteiger partial charge in [-0.3, -0.25) is 0 Å². The van der Waals surface area contributed by atoms with Gasteiger partial charge in [-0.1, -0.05) is 12.1 Å². The molecule has 75 valence electrons. The molecular formula is C12H11N2O. The van der Waals surface area contributed by atoms with Crippen LogP contribution in [0.2, 0.25) is 0 Å². The first-order valence-corrected chi connectivity index (χ1v) is 4.65. The first-order valence-electron chi connectivity index (χ1n) is 4.65. The average molecular weight is 199 g/mol. The zero-order chi connectivity index (χ0) is 10.5. The fraction of sp³-hybridized carbons (Fsp3) is 0.0833. The predicted octanol–water partition coefficient (Wildman–Crippen LogP) is 2.24. The van der Waals surface area contributed by atoms with E-state index in [2.05, 4.69) is 16.9 Å². The van der Waals surface area contributed by atoms with Gasteiger partial charge in [-0.25, -0.2) is 9.97 Å². The molecule has 2 rings (SSSR count). The molecule has 0 amide bonds. The number of benzene rings is 1. The van der Waals surface area contributed by atoms with Crippen molar-refractivity contribution in [2.24, 2.45) is 0 Å². The van der Waals surface area contributed by atoms with Gasteiger partial charge < -0.3 is 4.74 Å². The number of nitrogens with zero attached hydrogens (tertiary/aromatic N) is 2. The van der Waals surface area contributed by atoms with Crippen molar-refractivity contribution < 1.29 is 4.74 Å². The summed E-state index contributed by atoms with van der Waals surface area (Å²) in [6, 6.07) is 9.37. The molecule has 0 aliphatic heterocycles. The quantitative estimate of drug-likeness (QED) is 0.760. The average Bonchev–Trinajstić information content (AvgIpc) is 2.28. The van der Waals surface area contributed by atoms with Crippen molar-refractivity contribution in [2.75, 3.05) is 0 Å². The van der Waals surface area contributed by atoms with Crippen LogP contribution in [0.4, 0.5) is 0 Å². The van der Waals surface area contributed by atoms with E-state index in [1.165, 1.54) is 0 Å². The molecule has 0 aliphatic rings. The molecule has 0 saturated heterocycles. The molecule has 2 aromatic rings. The summed E-state index contributed by atoms with van der Waals surface area (Å²) >= 11 is 0. The Bertz CT molecular complexity index is 429. The minimum atomic E-state index is 0.379. The van der Waals surface area contributed by atoms with Gasteiger partial charge >= 0.3 is 0 Å². The van der Waals surface area contributed by atoms with Crippen molar-refractivity contribution in [2.45, 2.75) is 6.61 Å². The maximum Gasteiger partial charge on any atom is 0.166 e. The maximum absolute atomic E-state index is 5.51. The molecule has 1 aromatic heterocycles. The Morgan fingerprint density at radius 2 is 1.93 bits per heavy atom. The second-order valence-corrected chi connectivity index (χ2v) is 3.10. The molecule has 1 radical (unpaired) electrons. The molecule has 15 heavy (non-hydrogen) atoms. The van der Waals surface area contributed by atoms with Crippen LogP contribution in [0.3, 0.4) is 0 Å². The molecule has 1 heterocycles. The summed E-state index contributed by atoms with van der Waals surface area (Å²) in [4.78, 5) is 8.13. The number of hydrogen-bond donors (Lipinski definition) is 0. The molecule has 0 fully saturated rings. The van der Waals surface area contributed by atoms with Gasteiger partial charge in [0.15, 0.2) is 5.82 Å². The summed E-state index contributed by atoms with van der Waals surface area (Å²) in [6.07, 6.45) is 3.40. The Hall–Kier alpha value is -1.90. The second kappa shape index (κ2) is 4.55. The van der Waals surface area contributed by atoms with E-state index in [4.69, 9.17) is 4.74 Å². The monoisotopic (exact) mass is 199 g/mol. The molecule has 0 bridgehead atoms. The number of ether oxygens (including phenoxy) is 1. The van der Waals surface area contributed by atoms with Crippen LogP contribution in [0.25, 0.3) is 0 Å². The Labute approximate surface area is 88.8 Å². The van der Waals surface area contributed by atoms with Gasteiger partial charge in [0.05, 0.1) is 0 Å². The largest absolute Gasteiger partial charge is 0.486 e. The summed E-state index contributed by atoms with van der Waals surface area (Å²) in [5.41, 5.74) is 0.932. The summed E-state index contributed by atoms with van der Waals surface area (Å²) < 4.78 is 5.51. The van der Waals surface area contributed by atoms with E-state index in [-0.39, 0.29) is 0 Å². The second-order valence-electron chi connectivity index (χ2n) is 3.10. The van der Waals surface area contributed by atoms with E-state index in [9.17, 15) is 0 Å². The fourth-order valence-electron chi connectivity index (χ4n) is 1.19. The normalized spacial score (nSPS) is 9.93. The van der Waals surface area contributed by atoms with Crippen molar-refractivity contribution in [3.8, 4) is 5.75 Å². The lowest BCUT2D eigenvalue weighted by molar-refractivity contribution is 0.295. The summed E-state index contributed by atoms with van der Waals surface area (Å²) in [5, 5.41) is 0. The van der Waals surface area contributed by atoms with Crippen LogP contribution in [0.15, 0.2) is 42.7 Å². The first-order chi connectivity index (χ1) is 7.34. The SMILES string of the molecule is [CH2]c1cccc(OCc2ncccn2)c1. The van der Waals surface area contributed by atoms with Crippen LogP contribution in [0, 0.1) is 6.92 Å². The molecule has 0 saturated carbocycles. The number of rotatable bonds is 3. The van der Waals surface area contributed by atoms with Crippen molar-refractivity contribution in [3.05, 3.63) is 61.0 Å². The number of aromatic nitrogens is 2. The lowest BCUT2D eigenvalue weighted by atomic mass is 10.2. The van der Waals surface area contributed by atoms with Crippen LogP contribution >= 0.6 is 0 Å². The molecule has 3 nitrogen and oxygen atoms in total. The zero-order valence-electron chi connectivity index (χ0n) is 8.26. The molecule has 3 heteroatoms. The summed E-state index contributed by atoms with van der Waals surface area (Å²) in [5.74, 6) is 1.46. The van der Waals surface area contributed by atoms with E-state index in [1.54, 1.807) is 18.5 Å². The fourth-order valence-corrected chi connectivity index (χ4v) is 1.19. The van der Waals surface area contributed by atoms with Crippen LogP contribution in [0.5, 0.6) is 5.75 Å². The lowest BCUT2D eigenvalue weighted by Crippen LogP contribution is -2.00. The van der Waals surface area contributed by atoms with Crippen molar-refractivity contribution in [1.29, 1.82) is 0 Å². The Morgan fingerprint density at radius 1 is 1.13 bits per heavy atom. The maximum atomic E-state index is 5.51. The summed E-state index contributed by atoms with van der Waals surface area (Å²) in [6.45, 7) is 4.20. The topological polar surface area (TPSA) is 35.0 Å². The predicted molar refractivity (Wildman–Crippen MR) is 57.3 cm³/mol. The standard InChI is InChI=1S/C12H11N2O/c1-10-4-2-5-11(8-10)15-9-12-13-6-3-7-14-12/h2-8H,1,9H2. The Balaban J connectivity index is 1.99. The third-order valence-electron chi connectivity index (χ3n) is 1.89. The zero-order valence-corrected chi connectivity index (χ0v) is 8.26. The van der Waals surface area contributed by atoms with Gasteiger partial charge in [0.25, 0.3) is 0 Å². The highest BCUT2D eigenvalue weighted by Gasteiger charge is 1.97. The highest BCUT2D eigenvalue weighted by molar-refractivity contribution is 5.29. The van der Waals surface area contributed by atoms with Gasteiger partial charge in [-0.2, -0.15) is 0 Å². The van der Waals surface area contributed by atoms with E-state index in [1.807, 2.05) is 24.3 Å². The Morgan fingerprint density at radius 3 is 2.67 bits per heavy atom. The molecule has 1 aromatic carbocycles. The highest BCUT2D eigenvalue weighted by Crippen LogP contribution is 2.13. The highest BCUT2D eigenvalue weighted by atomic mass is 16.5. The van der Waals surface area contributed by atoms with Crippen LogP contribution in [-0.4, -0.2) is 9.97 Å². The van der Waals surface area contributed by atoms with Crippen LogP contribution in [-0.2, 0) is 6.61 Å². The molecular weight excluding hydrogens is 188 g/mol. The minimum absolute atomic E-state index is 0.379. The van der Waals surface area contributed by atoms with E-state index < -0.39 is 0 Å². The van der Waals surface area contributed by atoms with Gasteiger partial charge in [0.2, 0.25) is 0 Å². The molecule has 0 unspecified atom stereocenters. The van der Waals surface area contributed by atoms with E-state index >= 15 is 0 Å². The first kappa shape index (κ1) is 9.65. The smallest absolute Gasteiger partial charge is 0.166 e. The number of hydrogen-bond acceptors (Lipinski definition) is 3. The van der Waals surface area contributed by atoms with Crippen molar-refractivity contribution in [1.82, 2.24) is 9.97 Å². The lowest BCUT2D eigenvalue weighted by Gasteiger charge is -2.05. The van der Waals surface area contributed by atoms with Crippen LogP contribution in [0.1, 0.15) is 11.4 Å². The van der Waals surface area contributed by atoms with E-state index in [0.29, 0.717) is 12.4 Å². The molecule has 0 atom stereocenters. The van der Waals surface area contributed by atoms with Gasteiger partial charge in [-0.15, -0.1) is 0 Å². The third kappa shape index (κ3) is 2.77. The van der Waals surface area contributed by atoms with Gasteiger partial charge in [-0.05, 0) is 30.7 Å². The minimum Gasteiger partial charge on any atom is -0.486 e. The van der Waals surface area contributed by atoms with Gasteiger partial charge in [0.1, 0.15) is 12.4 Å². The molecule has 0 spiro atoms. The molecule has 0 N–H and O–H groups in total. The van der Waals surface area contributed by atoms with E-state index in [0.717, 1.165) is 11.3 Å². The third-order valence-corrected chi connectivity index (χ3v) is 1.89. The van der Waals surface area contributed by atoms with Crippen LogP contribution < -0.4 is 4.74 Å².